The minimum atomic E-state index is -0.597. The van der Waals surface area contributed by atoms with Crippen LogP contribution in [-0.2, 0) is 0 Å². The Labute approximate surface area is 135 Å². The Morgan fingerprint density at radius 3 is 2.68 bits per heavy atom. The molecule has 2 N–H and O–H groups in total. The van der Waals surface area contributed by atoms with Gasteiger partial charge in [-0.2, -0.15) is 0 Å². The van der Waals surface area contributed by atoms with Crippen LogP contribution in [0.1, 0.15) is 29.8 Å². The molecule has 0 saturated heterocycles. The first-order valence-corrected chi connectivity index (χ1v) is 7.08. The monoisotopic (exact) mass is 324 g/mol. The van der Waals surface area contributed by atoms with E-state index < -0.39 is 11.5 Å². The zero-order chi connectivity index (χ0) is 15.4. The van der Waals surface area contributed by atoms with Crippen molar-refractivity contribution < 1.29 is 9.21 Å². The molecule has 6 heteroatoms. The number of hydrogen-bond donors (Lipinski definition) is 2. The number of amides is 1. The quantitative estimate of drug-likeness (QED) is 0.828. The second-order valence-electron chi connectivity index (χ2n) is 5.05. The van der Waals surface area contributed by atoms with Crippen molar-refractivity contribution in [3.8, 4) is 0 Å². The molecular weight excluding hydrogens is 304 g/mol. The number of benzene rings is 1. The van der Waals surface area contributed by atoms with Crippen LogP contribution in [-0.4, -0.2) is 25.0 Å². The molecule has 1 aromatic carbocycles. The van der Waals surface area contributed by atoms with Crippen molar-refractivity contribution in [2.45, 2.75) is 26.8 Å². The molecule has 5 nitrogen and oxygen atoms in total. The summed E-state index contributed by atoms with van der Waals surface area (Å²) in [5.41, 5.74) is 0.630. The lowest BCUT2D eigenvalue weighted by atomic mass is 10.1. The standard InChI is InChI=1S/C16H20N2O3.ClH/c1-4-17-10(2)9-18-15(19)14-11(3)12-7-5-6-8-13(12)21-16(14)20;/h5-8,10,17H,4,9H2,1-3H3,(H,18,19);1H/t10-;/m1./s1. The molecule has 1 aromatic heterocycles. The lowest BCUT2D eigenvalue weighted by Crippen LogP contribution is -2.40. The zero-order valence-corrected chi connectivity index (χ0v) is 13.8. The summed E-state index contributed by atoms with van der Waals surface area (Å²) in [6, 6.07) is 7.35. The van der Waals surface area contributed by atoms with Crippen molar-refractivity contribution in [2.75, 3.05) is 13.1 Å². The van der Waals surface area contributed by atoms with Crippen LogP contribution < -0.4 is 16.3 Å². The van der Waals surface area contributed by atoms with E-state index in [1.165, 1.54) is 0 Å². The van der Waals surface area contributed by atoms with E-state index in [9.17, 15) is 9.59 Å². The topological polar surface area (TPSA) is 71.3 Å². The van der Waals surface area contributed by atoms with E-state index in [0.717, 1.165) is 11.9 Å². The van der Waals surface area contributed by atoms with Gasteiger partial charge in [0.2, 0.25) is 0 Å². The van der Waals surface area contributed by atoms with Gasteiger partial charge in [-0.3, -0.25) is 4.79 Å². The maximum Gasteiger partial charge on any atom is 0.349 e. The summed E-state index contributed by atoms with van der Waals surface area (Å²) in [6.07, 6.45) is 0. The van der Waals surface area contributed by atoms with Gasteiger partial charge in [-0.25, -0.2) is 4.79 Å². The summed E-state index contributed by atoms with van der Waals surface area (Å²) in [5.74, 6) is -0.392. The van der Waals surface area contributed by atoms with Crippen molar-refractivity contribution in [2.24, 2.45) is 0 Å². The van der Waals surface area contributed by atoms with Gasteiger partial charge >= 0.3 is 5.63 Å². The summed E-state index contributed by atoms with van der Waals surface area (Å²) < 4.78 is 5.22. The molecule has 0 saturated carbocycles. The summed E-state index contributed by atoms with van der Waals surface area (Å²) in [6.45, 7) is 7.02. The molecule has 1 amide bonds. The number of carbonyl (C=O) groups is 1. The molecule has 0 unspecified atom stereocenters. The molecule has 0 aliphatic heterocycles. The van der Waals surface area contributed by atoms with Crippen LogP contribution in [0.2, 0.25) is 0 Å². The first-order chi connectivity index (χ1) is 10.0. The second kappa shape index (κ2) is 7.96. The number of para-hydroxylation sites is 1. The number of halogens is 1. The molecule has 1 atom stereocenters. The molecule has 0 aliphatic carbocycles. The number of nitrogens with one attached hydrogen (secondary N) is 2. The number of rotatable bonds is 5. The SMILES string of the molecule is CCN[C@H](C)CNC(=O)c1c(C)c2ccccc2oc1=O.Cl. The Balaban J connectivity index is 0.00000242. The van der Waals surface area contributed by atoms with Crippen molar-refractivity contribution in [1.82, 2.24) is 10.6 Å². The van der Waals surface area contributed by atoms with Gasteiger partial charge in [0.25, 0.3) is 5.91 Å². The predicted octanol–water partition coefficient (Wildman–Crippen LogP) is 2.25. The smallest absolute Gasteiger partial charge is 0.349 e. The van der Waals surface area contributed by atoms with Crippen LogP contribution in [0.15, 0.2) is 33.5 Å². The van der Waals surface area contributed by atoms with Crippen LogP contribution in [0.5, 0.6) is 0 Å². The third-order valence-corrected chi connectivity index (χ3v) is 3.42. The third kappa shape index (κ3) is 3.87. The van der Waals surface area contributed by atoms with E-state index in [1.54, 1.807) is 19.1 Å². The molecule has 1 heterocycles. The van der Waals surface area contributed by atoms with Crippen LogP contribution >= 0.6 is 12.4 Å². The van der Waals surface area contributed by atoms with Crippen LogP contribution in [0.25, 0.3) is 11.0 Å². The molecule has 120 valence electrons. The molecule has 22 heavy (non-hydrogen) atoms. The number of fused-ring (bicyclic) bond motifs is 1. The molecule has 0 radical (unpaired) electrons. The minimum absolute atomic E-state index is 0. The Morgan fingerprint density at radius 1 is 1.32 bits per heavy atom. The van der Waals surface area contributed by atoms with E-state index >= 15 is 0 Å². The fraction of sp³-hybridized carbons (Fsp3) is 0.375. The number of likely N-dealkylation sites (N-methyl/N-ethyl adjacent to an activating group) is 1. The zero-order valence-electron chi connectivity index (χ0n) is 12.9. The van der Waals surface area contributed by atoms with Gasteiger partial charge in [-0.05, 0) is 32.0 Å². The minimum Gasteiger partial charge on any atom is -0.422 e. The van der Waals surface area contributed by atoms with Crippen molar-refractivity contribution in [3.63, 3.8) is 0 Å². The Hall–Kier alpha value is -1.85. The highest BCUT2D eigenvalue weighted by Crippen LogP contribution is 2.18. The molecule has 2 rings (SSSR count). The lowest BCUT2D eigenvalue weighted by Gasteiger charge is -2.14. The summed E-state index contributed by atoms with van der Waals surface area (Å²) in [7, 11) is 0. The molecule has 0 fully saturated rings. The largest absolute Gasteiger partial charge is 0.422 e. The Kier molecular flexibility index (Phi) is 6.59. The maximum atomic E-state index is 12.2. The van der Waals surface area contributed by atoms with Crippen molar-refractivity contribution in [1.29, 1.82) is 0 Å². The summed E-state index contributed by atoms with van der Waals surface area (Å²) >= 11 is 0. The van der Waals surface area contributed by atoms with E-state index in [1.807, 2.05) is 26.0 Å². The highest BCUT2D eigenvalue weighted by atomic mass is 35.5. The van der Waals surface area contributed by atoms with Gasteiger partial charge < -0.3 is 15.1 Å². The van der Waals surface area contributed by atoms with Gasteiger partial charge in [-0.15, -0.1) is 12.4 Å². The fourth-order valence-corrected chi connectivity index (χ4v) is 2.32. The average molecular weight is 325 g/mol. The number of aryl methyl sites for hydroxylation is 1. The Bertz CT molecular complexity index is 712. The number of carbonyl (C=O) groups excluding carboxylic acids is 1. The van der Waals surface area contributed by atoms with Gasteiger partial charge in [0.1, 0.15) is 11.1 Å². The second-order valence-corrected chi connectivity index (χ2v) is 5.05. The normalized spacial score (nSPS) is 11.8. The maximum absolute atomic E-state index is 12.2. The van der Waals surface area contributed by atoms with E-state index in [2.05, 4.69) is 10.6 Å². The predicted molar refractivity (Wildman–Crippen MR) is 89.9 cm³/mol. The van der Waals surface area contributed by atoms with Crippen molar-refractivity contribution in [3.05, 3.63) is 45.8 Å². The Morgan fingerprint density at radius 2 is 2.00 bits per heavy atom. The van der Waals surface area contributed by atoms with E-state index in [-0.39, 0.29) is 24.0 Å². The van der Waals surface area contributed by atoms with E-state index in [4.69, 9.17) is 4.42 Å². The first-order valence-electron chi connectivity index (χ1n) is 7.08. The highest BCUT2D eigenvalue weighted by Gasteiger charge is 2.18. The molecular formula is C16H21ClN2O3. The fourth-order valence-electron chi connectivity index (χ4n) is 2.32. The van der Waals surface area contributed by atoms with Gasteiger partial charge in [0, 0.05) is 18.0 Å². The van der Waals surface area contributed by atoms with Crippen molar-refractivity contribution >= 4 is 29.3 Å². The third-order valence-electron chi connectivity index (χ3n) is 3.42. The number of hydrogen-bond acceptors (Lipinski definition) is 4. The highest BCUT2D eigenvalue weighted by molar-refractivity contribution is 5.99. The van der Waals surface area contributed by atoms with E-state index in [0.29, 0.717) is 17.7 Å². The van der Waals surface area contributed by atoms with Crippen LogP contribution in [0, 0.1) is 6.92 Å². The van der Waals surface area contributed by atoms with Gasteiger partial charge in [0.05, 0.1) is 0 Å². The molecule has 2 aromatic rings. The molecule has 0 bridgehead atoms. The van der Waals surface area contributed by atoms with Gasteiger partial charge in [-0.1, -0.05) is 25.1 Å². The average Bonchev–Trinajstić information content (AvgIpc) is 2.45. The molecule has 0 aliphatic rings. The molecule has 0 spiro atoms. The first kappa shape index (κ1) is 18.2. The van der Waals surface area contributed by atoms with Crippen LogP contribution in [0.4, 0.5) is 0 Å². The summed E-state index contributed by atoms with van der Waals surface area (Å²) in [4.78, 5) is 24.3. The van der Waals surface area contributed by atoms with Crippen LogP contribution in [0.3, 0.4) is 0 Å². The lowest BCUT2D eigenvalue weighted by molar-refractivity contribution is 0.0946. The van der Waals surface area contributed by atoms with Gasteiger partial charge in [0.15, 0.2) is 0 Å². The summed E-state index contributed by atoms with van der Waals surface area (Å²) in [5, 5.41) is 6.74.